The Morgan fingerprint density at radius 2 is 1.68 bits per heavy atom. The highest BCUT2D eigenvalue weighted by Gasteiger charge is 2.18. The Kier molecular flexibility index (Phi) is 5.23. The van der Waals surface area contributed by atoms with Crippen molar-refractivity contribution in [2.24, 2.45) is 0 Å². The number of ether oxygens (including phenoxy) is 1. The first-order chi connectivity index (χ1) is 12.2. The summed E-state index contributed by atoms with van der Waals surface area (Å²) < 4.78 is 5.26. The molecule has 2 aromatic carbocycles. The number of aryl methyl sites for hydroxylation is 1. The summed E-state index contributed by atoms with van der Waals surface area (Å²) in [5.74, 6) is -0.0585. The molecule has 0 radical (unpaired) electrons. The number of rotatable bonds is 6. The third-order valence-corrected chi connectivity index (χ3v) is 3.83. The fraction of sp³-hybridized carbons (Fsp3) is 0.250. The second kappa shape index (κ2) is 7.75. The van der Waals surface area contributed by atoms with Crippen molar-refractivity contribution < 1.29 is 9.53 Å². The Morgan fingerprint density at radius 1 is 1.00 bits per heavy atom. The van der Waals surface area contributed by atoms with Crippen LogP contribution >= 0.6 is 0 Å². The third-order valence-electron chi connectivity index (χ3n) is 3.83. The molecule has 0 saturated heterocycles. The summed E-state index contributed by atoms with van der Waals surface area (Å²) in [5, 5.41) is 3.20. The molecule has 0 unspecified atom stereocenters. The molecule has 0 aliphatic carbocycles. The van der Waals surface area contributed by atoms with E-state index in [0.717, 1.165) is 24.0 Å². The highest BCUT2D eigenvalue weighted by molar-refractivity contribution is 5.96. The van der Waals surface area contributed by atoms with Crippen molar-refractivity contribution >= 4 is 28.5 Å². The van der Waals surface area contributed by atoms with Crippen molar-refractivity contribution in [3.05, 3.63) is 59.8 Å². The lowest BCUT2D eigenvalue weighted by atomic mass is 10.1. The summed E-state index contributed by atoms with van der Waals surface area (Å²) in [5.41, 5.74) is 3.69. The molecule has 0 saturated carbocycles. The molecule has 1 heterocycles. The number of nitrogens with one attached hydrogen (secondary N) is 1. The van der Waals surface area contributed by atoms with Gasteiger partial charge in [0, 0.05) is 5.69 Å². The molecule has 1 N–H and O–H groups in total. The van der Waals surface area contributed by atoms with Crippen molar-refractivity contribution in [2.75, 3.05) is 11.9 Å². The number of para-hydroxylation sites is 2. The maximum Gasteiger partial charge on any atom is 0.360 e. The highest BCUT2D eigenvalue weighted by atomic mass is 16.5. The number of fused-ring (bicyclic) bond motifs is 1. The molecule has 0 atom stereocenters. The molecular formula is C20H21N3O2. The smallest absolute Gasteiger partial charge is 0.360 e. The molecule has 5 nitrogen and oxygen atoms in total. The molecule has 0 aliphatic rings. The molecule has 0 fully saturated rings. The van der Waals surface area contributed by atoms with Crippen molar-refractivity contribution in [3.8, 4) is 0 Å². The fourth-order valence-electron chi connectivity index (χ4n) is 2.45. The van der Waals surface area contributed by atoms with E-state index in [2.05, 4.69) is 22.2 Å². The van der Waals surface area contributed by atoms with Crippen LogP contribution in [-0.2, 0) is 11.2 Å². The van der Waals surface area contributed by atoms with E-state index in [-0.39, 0.29) is 5.69 Å². The van der Waals surface area contributed by atoms with Crippen LogP contribution in [0.5, 0.6) is 0 Å². The normalized spacial score (nSPS) is 10.6. The van der Waals surface area contributed by atoms with E-state index in [1.54, 1.807) is 0 Å². The van der Waals surface area contributed by atoms with Crippen LogP contribution in [-0.4, -0.2) is 22.5 Å². The lowest BCUT2D eigenvalue weighted by Gasteiger charge is -2.12. The second-order valence-corrected chi connectivity index (χ2v) is 5.72. The Labute approximate surface area is 147 Å². The zero-order chi connectivity index (χ0) is 17.6. The van der Waals surface area contributed by atoms with Gasteiger partial charge in [0.1, 0.15) is 0 Å². The molecule has 0 bridgehead atoms. The largest absolute Gasteiger partial charge is 0.461 e. The molecular weight excluding hydrogens is 314 g/mol. The number of carbonyl (C=O) groups is 1. The summed E-state index contributed by atoms with van der Waals surface area (Å²) in [7, 11) is 0. The Morgan fingerprint density at radius 3 is 2.32 bits per heavy atom. The lowest BCUT2D eigenvalue weighted by Crippen LogP contribution is -2.12. The van der Waals surface area contributed by atoms with Gasteiger partial charge in [-0.1, -0.05) is 38.1 Å². The van der Waals surface area contributed by atoms with Gasteiger partial charge in [-0.3, -0.25) is 0 Å². The average Bonchev–Trinajstić information content (AvgIpc) is 2.66. The van der Waals surface area contributed by atoms with Crippen molar-refractivity contribution in [2.45, 2.75) is 26.7 Å². The van der Waals surface area contributed by atoms with Gasteiger partial charge in [0.05, 0.1) is 17.6 Å². The first kappa shape index (κ1) is 16.9. The van der Waals surface area contributed by atoms with Crippen molar-refractivity contribution in [1.82, 2.24) is 9.97 Å². The van der Waals surface area contributed by atoms with Crippen LogP contribution in [0.15, 0.2) is 48.5 Å². The van der Waals surface area contributed by atoms with E-state index in [9.17, 15) is 4.79 Å². The summed E-state index contributed by atoms with van der Waals surface area (Å²) in [6.45, 7) is 4.42. The van der Waals surface area contributed by atoms with Gasteiger partial charge in [0.15, 0.2) is 11.5 Å². The van der Waals surface area contributed by atoms with Gasteiger partial charge in [-0.25, -0.2) is 14.8 Å². The summed E-state index contributed by atoms with van der Waals surface area (Å²) in [6.07, 6.45) is 1.73. The fourth-order valence-corrected chi connectivity index (χ4v) is 2.45. The number of anilines is 2. The molecule has 5 heteroatoms. The SMILES string of the molecule is CCCOC(=O)c1nc2ccccc2nc1Nc1ccc(CC)cc1. The minimum Gasteiger partial charge on any atom is -0.461 e. The minimum atomic E-state index is -0.465. The standard InChI is InChI=1S/C20H21N3O2/c1-3-13-25-20(24)18-19(21-15-11-9-14(4-2)10-12-15)23-17-8-6-5-7-16(17)22-18/h5-12H,3-4,13H2,1-2H3,(H,21,23). The van der Waals surface area contributed by atoms with Gasteiger partial charge in [0.25, 0.3) is 0 Å². The average molecular weight is 335 g/mol. The van der Waals surface area contributed by atoms with Gasteiger partial charge < -0.3 is 10.1 Å². The van der Waals surface area contributed by atoms with Gasteiger partial charge in [0.2, 0.25) is 0 Å². The van der Waals surface area contributed by atoms with E-state index in [1.807, 2.05) is 55.5 Å². The summed E-state index contributed by atoms with van der Waals surface area (Å²) in [6, 6.07) is 15.5. The van der Waals surface area contributed by atoms with Crippen LogP contribution in [0.1, 0.15) is 36.3 Å². The maximum absolute atomic E-state index is 12.4. The molecule has 0 amide bonds. The van der Waals surface area contributed by atoms with E-state index in [0.29, 0.717) is 17.9 Å². The zero-order valence-corrected chi connectivity index (χ0v) is 14.5. The van der Waals surface area contributed by atoms with E-state index in [1.165, 1.54) is 5.56 Å². The van der Waals surface area contributed by atoms with Gasteiger partial charge in [-0.2, -0.15) is 0 Å². The predicted molar refractivity (Wildman–Crippen MR) is 99.2 cm³/mol. The number of nitrogens with zero attached hydrogens (tertiary/aromatic N) is 2. The molecule has 128 valence electrons. The van der Waals surface area contributed by atoms with Crippen molar-refractivity contribution in [1.29, 1.82) is 0 Å². The number of hydrogen-bond donors (Lipinski definition) is 1. The number of esters is 1. The zero-order valence-electron chi connectivity index (χ0n) is 14.5. The van der Waals surface area contributed by atoms with Crippen LogP contribution in [0.4, 0.5) is 11.5 Å². The quantitative estimate of drug-likeness (QED) is 0.672. The van der Waals surface area contributed by atoms with Gasteiger partial charge >= 0.3 is 5.97 Å². The maximum atomic E-state index is 12.4. The van der Waals surface area contributed by atoms with Crippen LogP contribution < -0.4 is 5.32 Å². The Hall–Kier alpha value is -2.95. The molecule has 25 heavy (non-hydrogen) atoms. The van der Waals surface area contributed by atoms with Gasteiger partial charge in [-0.05, 0) is 42.7 Å². The summed E-state index contributed by atoms with van der Waals surface area (Å²) >= 11 is 0. The van der Waals surface area contributed by atoms with Gasteiger partial charge in [-0.15, -0.1) is 0 Å². The number of aromatic nitrogens is 2. The van der Waals surface area contributed by atoms with Crippen LogP contribution in [0, 0.1) is 0 Å². The lowest BCUT2D eigenvalue weighted by molar-refractivity contribution is 0.0499. The molecule has 3 rings (SSSR count). The topological polar surface area (TPSA) is 64.1 Å². The van der Waals surface area contributed by atoms with E-state index >= 15 is 0 Å². The number of hydrogen-bond acceptors (Lipinski definition) is 5. The predicted octanol–water partition coefficient (Wildman–Crippen LogP) is 4.50. The molecule has 0 spiro atoms. The number of benzene rings is 2. The number of carbonyl (C=O) groups excluding carboxylic acids is 1. The Balaban J connectivity index is 1.99. The van der Waals surface area contributed by atoms with Crippen LogP contribution in [0.2, 0.25) is 0 Å². The van der Waals surface area contributed by atoms with E-state index in [4.69, 9.17) is 4.74 Å². The van der Waals surface area contributed by atoms with E-state index < -0.39 is 5.97 Å². The highest BCUT2D eigenvalue weighted by Crippen LogP contribution is 2.22. The monoisotopic (exact) mass is 335 g/mol. The van der Waals surface area contributed by atoms with Crippen LogP contribution in [0.3, 0.4) is 0 Å². The third kappa shape index (κ3) is 3.94. The summed E-state index contributed by atoms with van der Waals surface area (Å²) in [4.78, 5) is 21.4. The first-order valence-corrected chi connectivity index (χ1v) is 8.51. The minimum absolute atomic E-state index is 0.201. The second-order valence-electron chi connectivity index (χ2n) is 5.72. The Bertz CT molecular complexity index is 876. The molecule has 3 aromatic rings. The first-order valence-electron chi connectivity index (χ1n) is 8.51. The molecule has 0 aliphatic heterocycles. The van der Waals surface area contributed by atoms with Crippen molar-refractivity contribution in [3.63, 3.8) is 0 Å². The molecule has 1 aromatic heterocycles. The van der Waals surface area contributed by atoms with Crippen LogP contribution in [0.25, 0.3) is 11.0 Å².